The van der Waals surface area contributed by atoms with Crippen LogP contribution in [0.2, 0.25) is 0 Å². The SMILES string of the molecule is CCOC(=O)C(C)C1(C)C=C2C(=CC1)c1ccc3cc(N4CCOCC4)ccc3c1CC2C. The number of nitrogens with zero attached hydrogens (tertiary/aromatic N) is 1. The maximum atomic E-state index is 12.5. The van der Waals surface area contributed by atoms with Crippen LogP contribution in [0.3, 0.4) is 0 Å². The van der Waals surface area contributed by atoms with Gasteiger partial charge in [0.05, 0.1) is 25.7 Å². The first kappa shape index (κ1) is 22.2. The molecule has 2 aromatic carbocycles. The molecular weight excluding hydrogens is 410 g/mol. The Labute approximate surface area is 197 Å². The second-order valence-corrected chi connectivity index (χ2v) is 10.1. The lowest BCUT2D eigenvalue weighted by Gasteiger charge is -2.39. The number of rotatable bonds is 4. The molecule has 0 bridgehead atoms. The lowest BCUT2D eigenvalue weighted by Crippen LogP contribution is -2.36. The van der Waals surface area contributed by atoms with Gasteiger partial charge in [-0.1, -0.05) is 51.1 Å². The minimum Gasteiger partial charge on any atom is -0.466 e. The lowest BCUT2D eigenvalue weighted by atomic mass is 9.65. The first-order valence-corrected chi connectivity index (χ1v) is 12.4. The van der Waals surface area contributed by atoms with Gasteiger partial charge >= 0.3 is 5.97 Å². The van der Waals surface area contributed by atoms with Crippen molar-refractivity contribution in [1.29, 1.82) is 0 Å². The van der Waals surface area contributed by atoms with E-state index < -0.39 is 0 Å². The van der Waals surface area contributed by atoms with Crippen LogP contribution >= 0.6 is 0 Å². The largest absolute Gasteiger partial charge is 0.466 e. The molecule has 2 aromatic rings. The third-order valence-electron chi connectivity index (χ3n) is 7.99. The van der Waals surface area contributed by atoms with Crippen LogP contribution in [0.4, 0.5) is 5.69 Å². The van der Waals surface area contributed by atoms with Crippen LogP contribution in [0, 0.1) is 17.3 Å². The number of hydrogen-bond acceptors (Lipinski definition) is 4. The van der Waals surface area contributed by atoms with Gasteiger partial charge in [0.2, 0.25) is 0 Å². The minimum absolute atomic E-state index is 0.0976. The Morgan fingerprint density at radius 2 is 2.03 bits per heavy atom. The number of benzene rings is 2. The smallest absolute Gasteiger partial charge is 0.309 e. The third-order valence-corrected chi connectivity index (χ3v) is 7.99. The molecular formula is C29H35NO3. The number of carbonyl (C=O) groups excluding carboxylic acids is 1. The molecule has 2 aliphatic carbocycles. The number of allylic oxidation sites excluding steroid dienone is 4. The van der Waals surface area contributed by atoms with E-state index >= 15 is 0 Å². The van der Waals surface area contributed by atoms with Gasteiger partial charge in [-0.05, 0) is 70.9 Å². The summed E-state index contributed by atoms with van der Waals surface area (Å²) in [5.41, 5.74) is 6.64. The van der Waals surface area contributed by atoms with Crippen molar-refractivity contribution in [2.75, 3.05) is 37.8 Å². The van der Waals surface area contributed by atoms with E-state index in [2.05, 4.69) is 61.2 Å². The van der Waals surface area contributed by atoms with Crippen LogP contribution in [-0.2, 0) is 20.7 Å². The molecule has 4 heteroatoms. The molecule has 3 aliphatic rings. The zero-order valence-electron chi connectivity index (χ0n) is 20.3. The molecule has 1 saturated heterocycles. The summed E-state index contributed by atoms with van der Waals surface area (Å²) in [6, 6.07) is 11.5. The van der Waals surface area contributed by atoms with Crippen LogP contribution in [-0.4, -0.2) is 38.9 Å². The quantitative estimate of drug-likeness (QED) is 0.559. The van der Waals surface area contributed by atoms with Gasteiger partial charge in [0.25, 0.3) is 0 Å². The monoisotopic (exact) mass is 445 g/mol. The highest BCUT2D eigenvalue weighted by Crippen LogP contribution is 2.49. The molecule has 0 saturated carbocycles. The second kappa shape index (κ2) is 8.64. The minimum atomic E-state index is -0.208. The van der Waals surface area contributed by atoms with Crippen LogP contribution < -0.4 is 4.90 Å². The van der Waals surface area contributed by atoms with Crippen LogP contribution in [0.15, 0.2) is 48.1 Å². The summed E-state index contributed by atoms with van der Waals surface area (Å²) in [6.45, 7) is 12.4. The fourth-order valence-electron chi connectivity index (χ4n) is 5.73. The third kappa shape index (κ3) is 3.89. The number of morpholine rings is 1. The molecule has 3 atom stereocenters. The average molecular weight is 446 g/mol. The fraction of sp³-hybridized carbons (Fsp3) is 0.483. The molecule has 1 fully saturated rings. The van der Waals surface area contributed by atoms with Gasteiger partial charge in [-0.25, -0.2) is 0 Å². The summed E-state index contributed by atoms with van der Waals surface area (Å²) < 4.78 is 10.9. The van der Waals surface area contributed by atoms with Crippen molar-refractivity contribution in [1.82, 2.24) is 0 Å². The summed E-state index contributed by atoms with van der Waals surface area (Å²) in [7, 11) is 0. The molecule has 4 nitrogen and oxygen atoms in total. The molecule has 0 N–H and O–H groups in total. The molecule has 1 heterocycles. The van der Waals surface area contributed by atoms with Gasteiger partial charge in [-0.15, -0.1) is 0 Å². The van der Waals surface area contributed by atoms with Gasteiger partial charge in [0.15, 0.2) is 0 Å². The van der Waals surface area contributed by atoms with E-state index in [1.165, 1.54) is 38.7 Å². The maximum absolute atomic E-state index is 12.5. The normalized spacial score (nSPS) is 25.6. The van der Waals surface area contributed by atoms with Crippen molar-refractivity contribution in [2.45, 2.75) is 40.5 Å². The average Bonchev–Trinajstić information content (AvgIpc) is 2.84. The topological polar surface area (TPSA) is 38.8 Å². The van der Waals surface area contributed by atoms with Gasteiger partial charge < -0.3 is 14.4 Å². The summed E-state index contributed by atoms with van der Waals surface area (Å²) in [4.78, 5) is 14.9. The van der Waals surface area contributed by atoms with Crippen molar-refractivity contribution in [2.24, 2.45) is 17.3 Å². The van der Waals surface area contributed by atoms with Crippen LogP contribution in [0.1, 0.15) is 45.2 Å². The standard InChI is InChI=1S/C29H35NO3/c1-5-33-28(31)20(3)29(4)11-10-25-24-8-6-21-17-22(30-12-14-32-15-13-30)7-9-23(21)26(24)16-19(2)27(25)18-29/h6-10,17-20H,5,11-16H2,1-4H3. The highest BCUT2D eigenvalue weighted by Gasteiger charge is 2.39. The van der Waals surface area contributed by atoms with Crippen molar-refractivity contribution in [3.63, 3.8) is 0 Å². The van der Waals surface area contributed by atoms with Gasteiger partial charge in [-0.3, -0.25) is 4.79 Å². The molecule has 0 aromatic heterocycles. The Hall–Kier alpha value is -2.59. The molecule has 1 aliphatic heterocycles. The number of fused-ring (bicyclic) bond motifs is 5. The lowest BCUT2D eigenvalue weighted by molar-refractivity contribution is -0.150. The van der Waals surface area contributed by atoms with Crippen molar-refractivity contribution >= 4 is 28.0 Å². The van der Waals surface area contributed by atoms with Gasteiger partial charge in [0, 0.05) is 24.2 Å². The Kier molecular flexibility index (Phi) is 5.82. The molecule has 5 rings (SSSR count). The molecule has 33 heavy (non-hydrogen) atoms. The number of anilines is 1. The van der Waals surface area contributed by atoms with Crippen molar-refractivity contribution < 1.29 is 14.3 Å². The molecule has 174 valence electrons. The number of ether oxygens (including phenoxy) is 2. The first-order chi connectivity index (χ1) is 15.9. The predicted molar refractivity (Wildman–Crippen MR) is 134 cm³/mol. The van der Waals surface area contributed by atoms with E-state index in [0.717, 1.165) is 39.1 Å². The summed E-state index contributed by atoms with van der Waals surface area (Å²) >= 11 is 0. The molecule has 0 amide bonds. The predicted octanol–water partition coefficient (Wildman–Crippen LogP) is 5.79. The van der Waals surface area contributed by atoms with Gasteiger partial charge in [-0.2, -0.15) is 0 Å². The summed E-state index contributed by atoms with van der Waals surface area (Å²) in [5.74, 6) is 0.161. The fourth-order valence-corrected chi connectivity index (χ4v) is 5.73. The molecule has 3 unspecified atom stereocenters. The number of hydrogen-bond donors (Lipinski definition) is 0. The van der Waals surface area contributed by atoms with E-state index in [9.17, 15) is 4.79 Å². The van der Waals surface area contributed by atoms with E-state index in [4.69, 9.17) is 9.47 Å². The Bertz CT molecular complexity index is 1140. The number of carbonyl (C=O) groups is 1. The molecule has 0 radical (unpaired) electrons. The zero-order chi connectivity index (χ0) is 23.2. The van der Waals surface area contributed by atoms with E-state index in [0.29, 0.717) is 12.5 Å². The van der Waals surface area contributed by atoms with E-state index in [1.54, 1.807) is 0 Å². The maximum Gasteiger partial charge on any atom is 0.309 e. The highest BCUT2D eigenvalue weighted by atomic mass is 16.5. The van der Waals surface area contributed by atoms with Crippen molar-refractivity contribution in [3.8, 4) is 0 Å². The Morgan fingerprint density at radius 3 is 2.79 bits per heavy atom. The van der Waals surface area contributed by atoms with E-state index in [1.807, 2.05) is 13.8 Å². The number of esters is 1. The van der Waals surface area contributed by atoms with E-state index in [-0.39, 0.29) is 17.3 Å². The van der Waals surface area contributed by atoms with Gasteiger partial charge in [0.1, 0.15) is 0 Å². The highest BCUT2D eigenvalue weighted by molar-refractivity contribution is 5.96. The Morgan fingerprint density at radius 1 is 1.24 bits per heavy atom. The Balaban J connectivity index is 1.49. The summed E-state index contributed by atoms with van der Waals surface area (Å²) in [6.07, 6.45) is 6.62. The van der Waals surface area contributed by atoms with Crippen molar-refractivity contribution in [3.05, 3.63) is 59.2 Å². The van der Waals surface area contributed by atoms with Crippen LogP contribution in [0.5, 0.6) is 0 Å². The van der Waals surface area contributed by atoms with Crippen LogP contribution in [0.25, 0.3) is 16.3 Å². The first-order valence-electron chi connectivity index (χ1n) is 12.4. The zero-order valence-corrected chi connectivity index (χ0v) is 20.3. The summed E-state index contributed by atoms with van der Waals surface area (Å²) in [5, 5.41) is 2.68. The second-order valence-electron chi connectivity index (χ2n) is 10.1. The molecule has 0 spiro atoms.